The molecule has 2 fully saturated rings. The van der Waals surface area contributed by atoms with Gasteiger partial charge in [0.15, 0.2) is 0 Å². The second-order valence-electron chi connectivity index (χ2n) is 7.56. The number of ether oxygens (including phenoxy) is 1. The molecule has 1 aliphatic carbocycles. The SMILES string of the molecule is O=C1N/C(=C\c2ccc(OCc3ccc(I)cc3)c(Br)c2)C(=O)N1C1CCCCC1. The molecule has 2 aromatic carbocycles. The van der Waals surface area contributed by atoms with Crippen molar-refractivity contribution in [3.8, 4) is 5.75 Å². The molecule has 1 heterocycles. The summed E-state index contributed by atoms with van der Waals surface area (Å²) in [6.45, 7) is 0.473. The van der Waals surface area contributed by atoms with Crippen LogP contribution < -0.4 is 10.1 Å². The van der Waals surface area contributed by atoms with Gasteiger partial charge < -0.3 is 10.1 Å². The topological polar surface area (TPSA) is 58.6 Å². The molecular formula is C23H22BrIN2O3. The van der Waals surface area contributed by atoms with Crippen molar-refractivity contribution in [1.29, 1.82) is 0 Å². The van der Waals surface area contributed by atoms with Gasteiger partial charge in [0.1, 0.15) is 18.1 Å². The summed E-state index contributed by atoms with van der Waals surface area (Å²) in [6, 6.07) is 13.5. The number of benzene rings is 2. The van der Waals surface area contributed by atoms with Gasteiger partial charge in [-0.05, 0) is 92.8 Å². The summed E-state index contributed by atoms with van der Waals surface area (Å²) >= 11 is 5.82. The zero-order valence-electron chi connectivity index (χ0n) is 16.4. The molecule has 1 N–H and O–H groups in total. The van der Waals surface area contributed by atoms with Crippen LogP contribution in [0.3, 0.4) is 0 Å². The molecule has 7 heteroatoms. The van der Waals surface area contributed by atoms with Crippen molar-refractivity contribution < 1.29 is 14.3 Å². The van der Waals surface area contributed by atoms with E-state index in [0.717, 1.165) is 47.0 Å². The highest BCUT2D eigenvalue weighted by Gasteiger charge is 2.38. The summed E-state index contributed by atoms with van der Waals surface area (Å²) in [6.07, 6.45) is 6.82. The van der Waals surface area contributed by atoms with Gasteiger partial charge >= 0.3 is 6.03 Å². The predicted octanol–water partition coefficient (Wildman–Crippen LogP) is 5.86. The van der Waals surface area contributed by atoms with Crippen molar-refractivity contribution in [1.82, 2.24) is 10.2 Å². The first-order valence-corrected chi connectivity index (χ1v) is 11.9. The van der Waals surface area contributed by atoms with Crippen molar-refractivity contribution in [3.63, 3.8) is 0 Å². The van der Waals surface area contributed by atoms with Crippen LogP contribution in [0.1, 0.15) is 43.2 Å². The normalized spacial score (nSPS) is 18.7. The first kappa shape index (κ1) is 21.4. The van der Waals surface area contributed by atoms with Gasteiger partial charge in [-0.15, -0.1) is 0 Å². The Morgan fingerprint density at radius 3 is 2.53 bits per heavy atom. The molecule has 0 unspecified atom stereocenters. The van der Waals surface area contributed by atoms with Crippen molar-refractivity contribution in [2.45, 2.75) is 44.8 Å². The van der Waals surface area contributed by atoms with E-state index in [1.54, 1.807) is 6.08 Å². The van der Waals surface area contributed by atoms with Gasteiger partial charge in [-0.1, -0.05) is 37.5 Å². The van der Waals surface area contributed by atoms with Crippen LogP contribution in [-0.4, -0.2) is 22.9 Å². The molecule has 0 spiro atoms. The second-order valence-corrected chi connectivity index (χ2v) is 9.66. The number of nitrogens with zero attached hydrogens (tertiary/aromatic N) is 1. The van der Waals surface area contributed by atoms with Crippen molar-refractivity contribution in [3.05, 3.63) is 67.3 Å². The molecule has 156 valence electrons. The molecular weight excluding hydrogens is 559 g/mol. The molecule has 3 amide bonds. The molecule has 1 aliphatic heterocycles. The summed E-state index contributed by atoms with van der Waals surface area (Å²) in [4.78, 5) is 26.6. The first-order chi connectivity index (χ1) is 14.5. The van der Waals surface area contributed by atoms with Crippen molar-refractivity contribution >= 4 is 56.5 Å². The highest BCUT2D eigenvalue weighted by Crippen LogP contribution is 2.30. The molecule has 1 saturated carbocycles. The fourth-order valence-electron chi connectivity index (χ4n) is 3.85. The van der Waals surface area contributed by atoms with Gasteiger partial charge in [0, 0.05) is 9.61 Å². The Bertz CT molecular complexity index is 984. The molecule has 5 nitrogen and oxygen atoms in total. The van der Waals surface area contributed by atoms with Crippen LogP contribution in [0.15, 0.2) is 52.6 Å². The lowest BCUT2D eigenvalue weighted by Gasteiger charge is -2.28. The third-order valence-electron chi connectivity index (χ3n) is 5.42. The fourth-order valence-corrected chi connectivity index (χ4v) is 4.72. The Hall–Kier alpha value is -1.87. The third-order valence-corrected chi connectivity index (χ3v) is 6.76. The van der Waals surface area contributed by atoms with E-state index in [2.05, 4.69) is 43.8 Å². The number of nitrogens with one attached hydrogen (secondary N) is 1. The summed E-state index contributed by atoms with van der Waals surface area (Å²) in [5, 5.41) is 2.74. The predicted molar refractivity (Wildman–Crippen MR) is 128 cm³/mol. The highest BCUT2D eigenvalue weighted by molar-refractivity contribution is 14.1. The van der Waals surface area contributed by atoms with Crippen LogP contribution in [0.5, 0.6) is 5.75 Å². The molecule has 1 saturated heterocycles. The minimum Gasteiger partial charge on any atom is -0.488 e. The van der Waals surface area contributed by atoms with E-state index >= 15 is 0 Å². The van der Waals surface area contributed by atoms with Crippen LogP contribution >= 0.6 is 38.5 Å². The monoisotopic (exact) mass is 580 g/mol. The standard InChI is InChI=1S/C23H22BrIN2O3/c24-19-12-16(8-11-21(19)30-14-15-6-9-17(25)10-7-15)13-20-22(28)27(23(29)26-20)18-4-2-1-3-5-18/h6-13,18H,1-5,14H2,(H,26,29)/b20-13-. The Morgan fingerprint density at radius 2 is 1.83 bits per heavy atom. The van der Waals surface area contributed by atoms with Crippen LogP contribution in [0.2, 0.25) is 0 Å². The maximum absolute atomic E-state index is 12.8. The van der Waals surface area contributed by atoms with E-state index in [0.29, 0.717) is 12.3 Å². The Labute approximate surface area is 198 Å². The summed E-state index contributed by atoms with van der Waals surface area (Å²) in [7, 11) is 0. The van der Waals surface area contributed by atoms with E-state index < -0.39 is 0 Å². The molecule has 4 rings (SSSR count). The van der Waals surface area contributed by atoms with E-state index in [9.17, 15) is 9.59 Å². The molecule has 0 atom stereocenters. The minimum atomic E-state index is -0.310. The number of carbonyl (C=O) groups is 2. The van der Waals surface area contributed by atoms with E-state index in [1.165, 1.54) is 14.9 Å². The average Bonchev–Trinajstić information content (AvgIpc) is 3.02. The first-order valence-electron chi connectivity index (χ1n) is 10.0. The van der Waals surface area contributed by atoms with Crippen molar-refractivity contribution in [2.24, 2.45) is 0 Å². The van der Waals surface area contributed by atoms with Gasteiger partial charge in [0.2, 0.25) is 0 Å². The van der Waals surface area contributed by atoms with Gasteiger partial charge in [0.05, 0.1) is 4.47 Å². The maximum Gasteiger partial charge on any atom is 0.329 e. The number of halogens is 2. The average molecular weight is 581 g/mol. The number of amides is 3. The third kappa shape index (κ3) is 4.88. The minimum absolute atomic E-state index is 0.0147. The van der Waals surface area contributed by atoms with Crippen molar-refractivity contribution in [2.75, 3.05) is 0 Å². The quantitative estimate of drug-likeness (QED) is 0.274. The Kier molecular flexibility index (Phi) is 6.77. The zero-order valence-corrected chi connectivity index (χ0v) is 20.1. The van der Waals surface area contributed by atoms with E-state index in [-0.39, 0.29) is 18.0 Å². The number of hydrogen-bond acceptors (Lipinski definition) is 3. The number of rotatable bonds is 5. The summed E-state index contributed by atoms with van der Waals surface area (Å²) in [5.41, 5.74) is 2.23. The highest BCUT2D eigenvalue weighted by atomic mass is 127. The molecule has 2 aromatic rings. The number of hydrogen-bond donors (Lipinski definition) is 1. The molecule has 0 radical (unpaired) electrons. The van der Waals surface area contributed by atoms with Crippen LogP contribution in [-0.2, 0) is 11.4 Å². The van der Waals surface area contributed by atoms with Gasteiger partial charge in [-0.25, -0.2) is 4.79 Å². The van der Waals surface area contributed by atoms with E-state index in [1.807, 2.05) is 42.5 Å². The zero-order chi connectivity index (χ0) is 21.1. The smallest absolute Gasteiger partial charge is 0.329 e. The lowest BCUT2D eigenvalue weighted by atomic mass is 9.94. The maximum atomic E-state index is 12.8. The van der Waals surface area contributed by atoms with Crippen LogP contribution in [0.25, 0.3) is 6.08 Å². The Balaban J connectivity index is 1.44. The Morgan fingerprint density at radius 1 is 1.10 bits per heavy atom. The lowest BCUT2D eigenvalue weighted by molar-refractivity contribution is -0.124. The van der Waals surface area contributed by atoms with Gasteiger partial charge in [0.25, 0.3) is 5.91 Å². The lowest BCUT2D eigenvalue weighted by Crippen LogP contribution is -2.41. The fraction of sp³-hybridized carbons (Fsp3) is 0.304. The van der Waals surface area contributed by atoms with Crippen LogP contribution in [0, 0.1) is 3.57 Å². The van der Waals surface area contributed by atoms with Gasteiger partial charge in [-0.3, -0.25) is 9.69 Å². The molecule has 2 aliphatic rings. The number of imide groups is 1. The van der Waals surface area contributed by atoms with E-state index in [4.69, 9.17) is 4.74 Å². The summed E-state index contributed by atoms with van der Waals surface area (Å²) in [5.74, 6) is 0.489. The largest absolute Gasteiger partial charge is 0.488 e. The second kappa shape index (κ2) is 9.51. The van der Waals surface area contributed by atoms with Crippen LogP contribution in [0.4, 0.5) is 4.79 Å². The number of carbonyl (C=O) groups excluding carboxylic acids is 2. The number of urea groups is 1. The molecule has 0 aromatic heterocycles. The molecule has 30 heavy (non-hydrogen) atoms. The van der Waals surface area contributed by atoms with Gasteiger partial charge in [-0.2, -0.15) is 0 Å². The molecule has 0 bridgehead atoms. The summed E-state index contributed by atoms with van der Waals surface area (Å²) < 4.78 is 7.89.